The van der Waals surface area contributed by atoms with Gasteiger partial charge in [-0.3, -0.25) is 4.79 Å². The van der Waals surface area contributed by atoms with Crippen LogP contribution in [0, 0.1) is 29.1 Å². The van der Waals surface area contributed by atoms with E-state index in [0.717, 1.165) is 0 Å². The number of ketones is 1. The normalized spacial score (nSPS) is 54.5. The molecule has 6 nitrogen and oxygen atoms in total. The Labute approximate surface area is 152 Å². The summed E-state index contributed by atoms with van der Waals surface area (Å²) in [5.41, 5.74) is -4.57. The van der Waals surface area contributed by atoms with E-state index in [9.17, 15) is 30.3 Å². The van der Waals surface area contributed by atoms with Gasteiger partial charge in [0.1, 0.15) is 11.2 Å². The first kappa shape index (κ1) is 18.3. The van der Waals surface area contributed by atoms with Gasteiger partial charge in [0.25, 0.3) is 0 Å². The van der Waals surface area contributed by atoms with Crippen LogP contribution in [-0.4, -0.2) is 60.8 Å². The van der Waals surface area contributed by atoms with Gasteiger partial charge in [-0.1, -0.05) is 32.9 Å². The van der Waals surface area contributed by atoms with Gasteiger partial charge >= 0.3 is 0 Å². The van der Waals surface area contributed by atoms with E-state index in [-0.39, 0.29) is 13.0 Å². The average molecular weight is 364 g/mol. The van der Waals surface area contributed by atoms with Gasteiger partial charge in [-0.2, -0.15) is 0 Å². The quantitative estimate of drug-likeness (QED) is 0.416. The van der Waals surface area contributed by atoms with Crippen LogP contribution in [0.25, 0.3) is 0 Å². The molecular formula is C20H28O6. The highest BCUT2D eigenvalue weighted by atomic mass is 16.4. The minimum absolute atomic E-state index is 0.0615. The Bertz CT molecular complexity index is 753. The first-order valence-electron chi connectivity index (χ1n) is 9.27. The molecule has 4 aliphatic carbocycles. The van der Waals surface area contributed by atoms with Gasteiger partial charge in [0.15, 0.2) is 5.78 Å². The van der Waals surface area contributed by atoms with Crippen LogP contribution < -0.4 is 0 Å². The second-order valence-electron chi connectivity index (χ2n) is 9.41. The van der Waals surface area contributed by atoms with Crippen LogP contribution in [0.3, 0.4) is 0 Å². The molecular weight excluding hydrogens is 336 g/mol. The number of carbonyl (C=O) groups is 1. The molecule has 0 amide bonds. The molecule has 0 aromatic rings. The number of carbonyl (C=O) groups excluding carboxylic acids is 1. The van der Waals surface area contributed by atoms with E-state index in [2.05, 4.69) is 0 Å². The monoisotopic (exact) mass is 364 g/mol. The van der Waals surface area contributed by atoms with Gasteiger partial charge in [0.2, 0.25) is 0 Å². The Morgan fingerprint density at radius 2 is 1.81 bits per heavy atom. The summed E-state index contributed by atoms with van der Waals surface area (Å²) in [6.07, 6.45) is 2.08. The molecule has 4 aliphatic rings. The second kappa shape index (κ2) is 4.86. The summed E-state index contributed by atoms with van der Waals surface area (Å²) in [7, 11) is 0. The van der Waals surface area contributed by atoms with Gasteiger partial charge in [-0.25, -0.2) is 0 Å². The number of aliphatic hydroxyl groups excluding tert-OH is 2. The first-order valence-corrected chi connectivity index (χ1v) is 9.27. The lowest BCUT2D eigenvalue weighted by Crippen LogP contribution is -2.65. The van der Waals surface area contributed by atoms with E-state index < -0.39 is 57.8 Å². The smallest absolute Gasteiger partial charge is 0.190 e. The van der Waals surface area contributed by atoms with Crippen LogP contribution in [0.4, 0.5) is 0 Å². The van der Waals surface area contributed by atoms with Crippen LogP contribution in [0.2, 0.25) is 0 Å². The lowest BCUT2D eigenvalue weighted by molar-refractivity contribution is -0.209. The van der Waals surface area contributed by atoms with Crippen LogP contribution in [0.5, 0.6) is 0 Å². The highest BCUT2D eigenvalue weighted by molar-refractivity contribution is 6.04. The number of aliphatic hydroxyl groups is 5. The maximum atomic E-state index is 12.7. The van der Waals surface area contributed by atoms with Crippen molar-refractivity contribution < 1.29 is 30.3 Å². The van der Waals surface area contributed by atoms with Gasteiger partial charge in [0, 0.05) is 35.5 Å². The summed E-state index contributed by atoms with van der Waals surface area (Å²) < 4.78 is 0. The molecule has 144 valence electrons. The third-order valence-corrected chi connectivity index (χ3v) is 8.04. The Hall–Kier alpha value is -1.05. The minimum atomic E-state index is -1.84. The Morgan fingerprint density at radius 1 is 1.19 bits per heavy atom. The fourth-order valence-corrected chi connectivity index (χ4v) is 6.45. The van der Waals surface area contributed by atoms with Crippen LogP contribution in [0.15, 0.2) is 23.3 Å². The van der Waals surface area contributed by atoms with Gasteiger partial charge in [-0.15, -0.1) is 0 Å². The molecule has 4 unspecified atom stereocenters. The van der Waals surface area contributed by atoms with E-state index in [4.69, 9.17) is 0 Å². The molecule has 2 fully saturated rings. The minimum Gasteiger partial charge on any atom is -0.392 e. The van der Waals surface area contributed by atoms with Crippen LogP contribution >= 0.6 is 0 Å². The Morgan fingerprint density at radius 3 is 2.38 bits per heavy atom. The highest BCUT2D eigenvalue weighted by Crippen LogP contribution is 2.74. The van der Waals surface area contributed by atoms with Crippen molar-refractivity contribution in [2.45, 2.75) is 57.0 Å². The number of fused-ring (bicyclic) bond motifs is 5. The maximum absolute atomic E-state index is 12.7. The largest absolute Gasteiger partial charge is 0.392 e. The summed E-state index contributed by atoms with van der Waals surface area (Å²) in [5.74, 6) is -3.14. The third kappa shape index (κ3) is 1.69. The van der Waals surface area contributed by atoms with Crippen molar-refractivity contribution >= 4 is 5.78 Å². The van der Waals surface area contributed by atoms with E-state index in [0.29, 0.717) is 11.1 Å². The Balaban J connectivity index is 1.96. The van der Waals surface area contributed by atoms with E-state index in [1.807, 2.05) is 13.8 Å². The van der Waals surface area contributed by atoms with Gasteiger partial charge in [0.05, 0.1) is 18.3 Å². The van der Waals surface area contributed by atoms with Crippen LogP contribution in [0.1, 0.15) is 34.1 Å². The zero-order valence-corrected chi connectivity index (χ0v) is 15.6. The molecule has 4 rings (SSSR count). The predicted octanol–water partition coefficient (Wildman–Crippen LogP) is -0.0699. The van der Waals surface area contributed by atoms with E-state index >= 15 is 0 Å². The summed E-state index contributed by atoms with van der Waals surface area (Å²) in [5, 5.41) is 54.9. The van der Waals surface area contributed by atoms with Crippen molar-refractivity contribution in [3.63, 3.8) is 0 Å². The summed E-state index contributed by atoms with van der Waals surface area (Å²) in [6.45, 7) is 6.63. The van der Waals surface area contributed by atoms with Crippen molar-refractivity contribution in [2.75, 3.05) is 6.61 Å². The molecule has 0 aromatic carbocycles. The number of hydrogen-bond acceptors (Lipinski definition) is 6. The maximum Gasteiger partial charge on any atom is 0.190 e. The molecule has 0 heterocycles. The topological polar surface area (TPSA) is 118 Å². The van der Waals surface area contributed by atoms with Crippen molar-refractivity contribution in [3.05, 3.63) is 23.3 Å². The SMILES string of the molecule is CC1=C[C@@H]2C(O)(CC(CO)=CC3C4C(C)(C)[C@]4(O)C(O)[C@@H](C)[C@@]32O)C1=O. The second-order valence-corrected chi connectivity index (χ2v) is 9.41. The molecule has 0 aromatic heterocycles. The zero-order chi connectivity index (χ0) is 19.4. The molecule has 2 saturated carbocycles. The molecule has 5 N–H and O–H groups in total. The van der Waals surface area contributed by atoms with Crippen molar-refractivity contribution in [3.8, 4) is 0 Å². The Kier molecular flexibility index (Phi) is 3.42. The predicted molar refractivity (Wildman–Crippen MR) is 92.8 cm³/mol. The van der Waals surface area contributed by atoms with Gasteiger partial charge < -0.3 is 25.5 Å². The lowest BCUT2D eigenvalue weighted by Gasteiger charge is -2.51. The van der Waals surface area contributed by atoms with E-state index in [1.54, 1.807) is 26.0 Å². The molecule has 26 heavy (non-hydrogen) atoms. The fourth-order valence-electron chi connectivity index (χ4n) is 6.45. The molecule has 0 saturated heterocycles. The standard InChI is InChI=1S/C20H28O6/c1-9-5-13-18(24,15(9)22)7-11(8-21)6-12-14-17(3,4)20(14,26)16(23)10(2)19(12,13)25/h5-6,10,12-14,16,21,23-26H,7-8H2,1-4H3/t10-,12?,13-,14?,16?,18?,19-,20-/m1/s1. The fraction of sp³-hybridized carbons (Fsp3) is 0.750. The van der Waals surface area contributed by atoms with E-state index in [1.165, 1.54) is 0 Å². The lowest BCUT2D eigenvalue weighted by atomic mass is 9.59. The zero-order valence-electron chi connectivity index (χ0n) is 15.6. The molecule has 8 atom stereocenters. The molecule has 0 spiro atoms. The van der Waals surface area contributed by atoms with Crippen molar-refractivity contribution in [1.82, 2.24) is 0 Å². The summed E-state index contributed by atoms with van der Waals surface area (Å²) in [4.78, 5) is 12.7. The third-order valence-electron chi connectivity index (χ3n) is 8.04. The van der Waals surface area contributed by atoms with Crippen LogP contribution in [-0.2, 0) is 4.79 Å². The average Bonchev–Trinajstić information content (AvgIpc) is 2.97. The summed E-state index contributed by atoms with van der Waals surface area (Å²) >= 11 is 0. The molecule has 0 aliphatic heterocycles. The number of rotatable bonds is 1. The first-order chi connectivity index (χ1) is 11.9. The van der Waals surface area contributed by atoms with Crippen molar-refractivity contribution in [2.24, 2.45) is 29.1 Å². The molecule has 0 bridgehead atoms. The van der Waals surface area contributed by atoms with Gasteiger partial charge in [-0.05, 0) is 18.1 Å². The van der Waals surface area contributed by atoms with Crippen molar-refractivity contribution in [1.29, 1.82) is 0 Å². The molecule has 6 heteroatoms. The number of hydrogen-bond donors (Lipinski definition) is 5. The molecule has 0 radical (unpaired) electrons. The number of Topliss-reactive ketones (excluding diaryl/α,β-unsaturated/α-hetero) is 1. The summed E-state index contributed by atoms with van der Waals surface area (Å²) in [6, 6.07) is 0. The highest BCUT2D eigenvalue weighted by Gasteiger charge is 2.84.